The highest BCUT2D eigenvalue weighted by atomic mass is 32.1. The zero-order valence-corrected chi connectivity index (χ0v) is 10.8. The molecule has 0 aliphatic rings. The first-order chi connectivity index (χ1) is 8.15. The molecule has 0 unspecified atom stereocenters. The highest BCUT2D eigenvalue weighted by Crippen LogP contribution is 2.31. The zero-order chi connectivity index (χ0) is 12.8. The first kappa shape index (κ1) is 13.7. The Morgan fingerprint density at radius 1 is 1.65 bits per heavy atom. The molecule has 3 N–H and O–H groups in total. The molecule has 0 spiro atoms. The van der Waals surface area contributed by atoms with Crippen LogP contribution in [0.1, 0.15) is 23.7 Å². The van der Waals surface area contributed by atoms with Gasteiger partial charge in [0.05, 0.1) is 7.11 Å². The summed E-state index contributed by atoms with van der Waals surface area (Å²) in [5.41, 5.74) is 5.98. The smallest absolute Gasteiger partial charge is 0.344 e. The molecule has 0 fully saturated rings. The predicted octanol–water partition coefficient (Wildman–Crippen LogP) is 0.721. The number of ether oxygens (including phenoxy) is 1. The van der Waals surface area contributed by atoms with Crippen molar-refractivity contribution < 1.29 is 14.6 Å². The highest BCUT2D eigenvalue weighted by molar-refractivity contribution is 7.11. The van der Waals surface area contributed by atoms with Crippen molar-refractivity contribution in [2.75, 3.05) is 37.4 Å². The maximum Gasteiger partial charge on any atom is 0.344 e. The lowest BCUT2D eigenvalue weighted by Crippen LogP contribution is -2.25. The van der Waals surface area contributed by atoms with Crippen LogP contribution in [0.15, 0.2) is 0 Å². The highest BCUT2D eigenvalue weighted by Gasteiger charge is 2.23. The molecule has 1 aromatic heterocycles. The summed E-state index contributed by atoms with van der Waals surface area (Å²) in [6, 6.07) is 0. The second kappa shape index (κ2) is 6.41. The summed E-state index contributed by atoms with van der Waals surface area (Å²) >= 11 is 1.17. The van der Waals surface area contributed by atoms with Crippen molar-refractivity contribution in [3.05, 3.63) is 5.56 Å². The third kappa shape index (κ3) is 3.07. The third-order valence-electron chi connectivity index (χ3n) is 2.35. The van der Waals surface area contributed by atoms with E-state index in [-0.39, 0.29) is 12.4 Å². The lowest BCUT2D eigenvalue weighted by Gasteiger charge is -2.21. The fraction of sp³-hybridized carbons (Fsp3) is 0.600. The monoisotopic (exact) mass is 259 g/mol. The number of aromatic nitrogens is 1. The molecule has 0 aromatic carbocycles. The molecule has 0 saturated heterocycles. The number of anilines is 2. The van der Waals surface area contributed by atoms with E-state index in [4.69, 9.17) is 10.8 Å². The first-order valence-electron chi connectivity index (χ1n) is 5.34. The van der Waals surface area contributed by atoms with Gasteiger partial charge < -0.3 is 20.5 Å². The molecule has 0 bridgehead atoms. The second-order valence-corrected chi connectivity index (χ2v) is 4.15. The largest absolute Gasteiger partial charge is 0.465 e. The number of aliphatic hydroxyl groups is 1. The zero-order valence-electron chi connectivity index (χ0n) is 9.97. The Morgan fingerprint density at radius 2 is 2.35 bits per heavy atom. The Kier molecular flexibility index (Phi) is 5.17. The molecule has 0 atom stereocenters. The minimum atomic E-state index is -0.478. The Bertz CT molecular complexity index is 381. The van der Waals surface area contributed by atoms with Gasteiger partial charge in [0.25, 0.3) is 0 Å². The molecule has 7 heteroatoms. The van der Waals surface area contributed by atoms with Gasteiger partial charge in [0.15, 0.2) is 5.82 Å². The minimum Gasteiger partial charge on any atom is -0.465 e. The third-order valence-corrected chi connectivity index (χ3v) is 3.27. The van der Waals surface area contributed by atoms with Gasteiger partial charge in [-0.15, -0.1) is 0 Å². The van der Waals surface area contributed by atoms with Gasteiger partial charge >= 0.3 is 5.97 Å². The first-order valence-corrected chi connectivity index (χ1v) is 6.12. The molecule has 0 radical (unpaired) electrons. The van der Waals surface area contributed by atoms with E-state index in [1.807, 2.05) is 11.8 Å². The predicted molar refractivity (Wildman–Crippen MR) is 67.5 cm³/mol. The van der Waals surface area contributed by atoms with Gasteiger partial charge in [-0.1, -0.05) is 0 Å². The topological polar surface area (TPSA) is 88.7 Å². The van der Waals surface area contributed by atoms with E-state index in [1.165, 1.54) is 18.6 Å². The summed E-state index contributed by atoms with van der Waals surface area (Å²) in [6.07, 6.45) is 0.631. The van der Waals surface area contributed by atoms with E-state index in [9.17, 15) is 4.79 Å². The molecule has 1 heterocycles. The normalized spacial score (nSPS) is 10.3. The van der Waals surface area contributed by atoms with Crippen LogP contribution in [0.5, 0.6) is 0 Å². The summed E-state index contributed by atoms with van der Waals surface area (Å²) in [6.45, 7) is 3.44. The minimum absolute atomic E-state index is 0.109. The SMILES string of the molecule is CCN(CCCO)c1snc(N)c1C(=O)OC. The van der Waals surface area contributed by atoms with Crippen LogP contribution in [-0.2, 0) is 4.74 Å². The molecule has 1 aromatic rings. The molecule has 0 aliphatic carbocycles. The molecule has 96 valence electrons. The summed E-state index contributed by atoms with van der Waals surface area (Å²) < 4.78 is 8.66. The number of rotatable bonds is 6. The molecule has 0 saturated carbocycles. The maximum absolute atomic E-state index is 11.6. The molecular formula is C10H17N3O3S. The van der Waals surface area contributed by atoms with Crippen molar-refractivity contribution in [2.24, 2.45) is 0 Å². The van der Waals surface area contributed by atoms with E-state index in [2.05, 4.69) is 9.11 Å². The van der Waals surface area contributed by atoms with Gasteiger partial charge in [0.2, 0.25) is 0 Å². The number of hydrogen-bond acceptors (Lipinski definition) is 7. The van der Waals surface area contributed by atoms with Crippen LogP contribution in [0.3, 0.4) is 0 Å². The number of nitrogens with two attached hydrogens (primary N) is 1. The maximum atomic E-state index is 11.6. The second-order valence-electron chi connectivity index (χ2n) is 3.40. The summed E-state index contributed by atoms with van der Waals surface area (Å²) in [7, 11) is 1.31. The Morgan fingerprint density at radius 3 is 2.88 bits per heavy atom. The number of methoxy groups -OCH3 is 1. The average molecular weight is 259 g/mol. The van der Waals surface area contributed by atoms with Crippen LogP contribution >= 0.6 is 11.5 Å². The van der Waals surface area contributed by atoms with E-state index in [1.54, 1.807) is 0 Å². The van der Waals surface area contributed by atoms with Gasteiger partial charge in [0.1, 0.15) is 10.6 Å². The number of carbonyl (C=O) groups is 1. The van der Waals surface area contributed by atoms with E-state index >= 15 is 0 Å². The summed E-state index contributed by atoms with van der Waals surface area (Å²) in [5.74, 6) is -0.284. The quantitative estimate of drug-likeness (QED) is 0.732. The van der Waals surface area contributed by atoms with Crippen molar-refractivity contribution in [3.63, 3.8) is 0 Å². The van der Waals surface area contributed by atoms with Crippen molar-refractivity contribution in [1.82, 2.24) is 4.37 Å². The Labute approximate surface area is 104 Å². The van der Waals surface area contributed by atoms with Crippen LogP contribution in [0, 0.1) is 0 Å². The molecule has 1 rings (SSSR count). The molecular weight excluding hydrogens is 242 g/mol. The average Bonchev–Trinajstić information content (AvgIpc) is 2.71. The van der Waals surface area contributed by atoms with Gasteiger partial charge in [-0.25, -0.2) is 4.79 Å². The van der Waals surface area contributed by atoms with Crippen molar-refractivity contribution >= 4 is 28.3 Å². The number of carbonyl (C=O) groups excluding carboxylic acids is 1. The van der Waals surface area contributed by atoms with Gasteiger partial charge in [-0.05, 0) is 24.9 Å². The van der Waals surface area contributed by atoms with Crippen molar-refractivity contribution in [2.45, 2.75) is 13.3 Å². The summed E-state index contributed by atoms with van der Waals surface area (Å²) in [5, 5.41) is 9.53. The molecule has 0 aliphatic heterocycles. The number of aliphatic hydroxyl groups excluding tert-OH is 1. The van der Waals surface area contributed by atoms with E-state index in [0.717, 1.165) is 0 Å². The fourth-order valence-electron chi connectivity index (χ4n) is 1.47. The molecule has 0 amide bonds. The number of nitrogens with zero attached hydrogens (tertiary/aromatic N) is 2. The fourth-order valence-corrected chi connectivity index (χ4v) is 2.36. The molecule has 6 nitrogen and oxygen atoms in total. The van der Waals surface area contributed by atoms with Gasteiger partial charge in [-0.3, -0.25) is 0 Å². The Balaban J connectivity index is 2.98. The van der Waals surface area contributed by atoms with Crippen molar-refractivity contribution in [1.29, 1.82) is 0 Å². The standard InChI is InChI=1S/C10H17N3O3S/c1-3-13(5-4-6-14)9-7(10(15)16-2)8(11)12-17-9/h14H,3-6H2,1-2H3,(H2,11,12). The molecule has 17 heavy (non-hydrogen) atoms. The number of nitrogen functional groups attached to an aromatic ring is 1. The van der Waals surface area contributed by atoms with Crippen LogP contribution in [0.2, 0.25) is 0 Å². The van der Waals surface area contributed by atoms with E-state index in [0.29, 0.717) is 30.1 Å². The Hall–Kier alpha value is -1.34. The number of esters is 1. The van der Waals surface area contributed by atoms with Crippen LogP contribution in [0.4, 0.5) is 10.8 Å². The van der Waals surface area contributed by atoms with Crippen LogP contribution < -0.4 is 10.6 Å². The van der Waals surface area contributed by atoms with Gasteiger partial charge in [0, 0.05) is 19.7 Å². The lowest BCUT2D eigenvalue weighted by atomic mass is 10.3. The van der Waals surface area contributed by atoms with Crippen LogP contribution in [-0.4, -0.2) is 42.3 Å². The lowest BCUT2D eigenvalue weighted by molar-refractivity contribution is 0.0603. The van der Waals surface area contributed by atoms with Gasteiger partial charge in [-0.2, -0.15) is 4.37 Å². The summed E-state index contributed by atoms with van der Waals surface area (Å²) in [4.78, 5) is 13.6. The van der Waals surface area contributed by atoms with E-state index < -0.39 is 5.97 Å². The van der Waals surface area contributed by atoms with Crippen molar-refractivity contribution in [3.8, 4) is 0 Å². The van der Waals surface area contributed by atoms with Crippen LogP contribution in [0.25, 0.3) is 0 Å². The number of hydrogen-bond donors (Lipinski definition) is 2.